The van der Waals surface area contributed by atoms with Crippen LogP contribution < -0.4 is 5.73 Å². The van der Waals surface area contributed by atoms with E-state index in [1.165, 1.54) is 12.8 Å². The lowest BCUT2D eigenvalue weighted by Gasteiger charge is -2.29. The van der Waals surface area contributed by atoms with E-state index in [1.54, 1.807) is 7.11 Å². The Bertz CT molecular complexity index is 294. The number of unbranched alkanes of at least 4 members (excludes halogenated alkanes) is 1. The predicted octanol–water partition coefficient (Wildman–Crippen LogP) is 2.14. The Morgan fingerprint density at radius 2 is 2.11 bits per heavy atom. The molecule has 0 aliphatic heterocycles. The SMILES string of the molecule is COCCN(CCCCC(C)(N)C#N)C(C)C1CC1. The monoisotopic (exact) mass is 267 g/mol. The maximum atomic E-state index is 8.89. The molecule has 0 aromatic heterocycles. The van der Waals surface area contributed by atoms with Crippen LogP contribution in [0, 0.1) is 17.2 Å². The fraction of sp³-hybridized carbons (Fsp3) is 0.933. The van der Waals surface area contributed by atoms with Gasteiger partial charge in [0.2, 0.25) is 0 Å². The summed E-state index contributed by atoms with van der Waals surface area (Å²) >= 11 is 0. The van der Waals surface area contributed by atoms with Gasteiger partial charge in [0.15, 0.2) is 0 Å². The van der Waals surface area contributed by atoms with Gasteiger partial charge in [0.05, 0.1) is 12.7 Å². The average molecular weight is 267 g/mol. The van der Waals surface area contributed by atoms with Crippen LogP contribution >= 0.6 is 0 Å². The Hall–Kier alpha value is -0.630. The van der Waals surface area contributed by atoms with Crippen molar-refractivity contribution in [3.63, 3.8) is 0 Å². The number of rotatable bonds is 10. The Morgan fingerprint density at radius 1 is 1.42 bits per heavy atom. The highest BCUT2D eigenvalue weighted by molar-refractivity contribution is 5.00. The van der Waals surface area contributed by atoms with Crippen LogP contribution in [0.5, 0.6) is 0 Å². The summed E-state index contributed by atoms with van der Waals surface area (Å²) in [6.07, 6.45) is 5.65. The number of ether oxygens (including phenoxy) is 1. The average Bonchev–Trinajstić information content (AvgIpc) is 3.21. The van der Waals surface area contributed by atoms with Crippen molar-refractivity contribution in [2.75, 3.05) is 26.8 Å². The molecule has 1 fully saturated rings. The first-order valence-corrected chi connectivity index (χ1v) is 7.43. The van der Waals surface area contributed by atoms with E-state index in [1.807, 2.05) is 6.92 Å². The van der Waals surface area contributed by atoms with E-state index >= 15 is 0 Å². The van der Waals surface area contributed by atoms with Crippen LogP contribution in [0.25, 0.3) is 0 Å². The lowest BCUT2D eigenvalue weighted by atomic mass is 9.98. The zero-order chi connectivity index (χ0) is 14.3. The van der Waals surface area contributed by atoms with Gasteiger partial charge in [0, 0.05) is 19.7 Å². The molecule has 0 radical (unpaired) electrons. The summed E-state index contributed by atoms with van der Waals surface area (Å²) in [5.74, 6) is 0.885. The quantitative estimate of drug-likeness (QED) is 0.616. The molecular weight excluding hydrogens is 238 g/mol. The zero-order valence-electron chi connectivity index (χ0n) is 12.7. The third kappa shape index (κ3) is 6.38. The normalized spacial score (nSPS) is 20.0. The largest absolute Gasteiger partial charge is 0.383 e. The van der Waals surface area contributed by atoms with Crippen LogP contribution in [0.1, 0.15) is 46.0 Å². The van der Waals surface area contributed by atoms with Gasteiger partial charge < -0.3 is 10.5 Å². The molecule has 110 valence electrons. The summed E-state index contributed by atoms with van der Waals surface area (Å²) in [5.41, 5.74) is 5.17. The smallest absolute Gasteiger partial charge is 0.101 e. The van der Waals surface area contributed by atoms with Gasteiger partial charge in [0.25, 0.3) is 0 Å². The molecule has 4 heteroatoms. The zero-order valence-corrected chi connectivity index (χ0v) is 12.7. The molecule has 0 spiro atoms. The van der Waals surface area contributed by atoms with Crippen molar-refractivity contribution < 1.29 is 4.74 Å². The summed E-state index contributed by atoms with van der Waals surface area (Å²) < 4.78 is 5.20. The summed E-state index contributed by atoms with van der Waals surface area (Å²) in [6.45, 7) is 7.02. The van der Waals surface area contributed by atoms with Crippen molar-refractivity contribution in [2.45, 2.75) is 57.5 Å². The van der Waals surface area contributed by atoms with Crippen molar-refractivity contribution in [1.29, 1.82) is 5.26 Å². The number of hydrogen-bond acceptors (Lipinski definition) is 4. The topological polar surface area (TPSA) is 62.3 Å². The lowest BCUT2D eigenvalue weighted by Crippen LogP contribution is -2.38. The molecule has 19 heavy (non-hydrogen) atoms. The van der Waals surface area contributed by atoms with E-state index in [0.29, 0.717) is 6.04 Å². The Morgan fingerprint density at radius 3 is 2.63 bits per heavy atom. The number of nitrogens with zero attached hydrogens (tertiary/aromatic N) is 2. The van der Waals surface area contributed by atoms with Gasteiger partial charge in [-0.2, -0.15) is 5.26 Å². The molecule has 1 saturated carbocycles. The molecule has 0 heterocycles. The van der Waals surface area contributed by atoms with Crippen LogP contribution in [0.3, 0.4) is 0 Å². The predicted molar refractivity (Wildman–Crippen MR) is 77.7 cm³/mol. The Kier molecular flexibility index (Phi) is 6.78. The van der Waals surface area contributed by atoms with Gasteiger partial charge in [-0.1, -0.05) is 0 Å². The fourth-order valence-corrected chi connectivity index (χ4v) is 2.47. The van der Waals surface area contributed by atoms with Crippen LogP contribution in [-0.4, -0.2) is 43.3 Å². The van der Waals surface area contributed by atoms with Gasteiger partial charge in [-0.3, -0.25) is 4.90 Å². The molecule has 2 unspecified atom stereocenters. The van der Waals surface area contributed by atoms with E-state index in [2.05, 4.69) is 17.9 Å². The molecule has 4 nitrogen and oxygen atoms in total. The molecule has 0 saturated heterocycles. The molecule has 0 bridgehead atoms. The summed E-state index contributed by atoms with van der Waals surface area (Å²) in [5, 5.41) is 8.89. The second-order valence-corrected chi connectivity index (χ2v) is 6.09. The molecule has 0 aromatic rings. The first-order chi connectivity index (χ1) is 9.00. The van der Waals surface area contributed by atoms with E-state index < -0.39 is 5.54 Å². The van der Waals surface area contributed by atoms with Crippen LogP contribution in [0.2, 0.25) is 0 Å². The Balaban J connectivity index is 2.26. The third-order valence-electron chi connectivity index (χ3n) is 4.11. The van der Waals surface area contributed by atoms with Crippen LogP contribution in [0.4, 0.5) is 0 Å². The van der Waals surface area contributed by atoms with Gasteiger partial charge in [-0.15, -0.1) is 0 Å². The standard InChI is InChI=1S/C15H29N3O/c1-13(14-6-7-14)18(10-11-19-3)9-5-4-8-15(2,17)12-16/h13-14H,4-11,17H2,1-3H3. The number of nitriles is 1. The van der Waals surface area contributed by atoms with Gasteiger partial charge in [-0.25, -0.2) is 0 Å². The minimum absolute atomic E-state index is 0.662. The highest BCUT2D eigenvalue weighted by Crippen LogP contribution is 2.35. The fourth-order valence-electron chi connectivity index (χ4n) is 2.47. The maximum Gasteiger partial charge on any atom is 0.101 e. The van der Waals surface area contributed by atoms with Crippen LogP contribution in [-0.2, 0) is 4.74 Å². The lowest BCUT2D eigenvalue weighted by molar-refractivity contribution is 0.115. The van der Waals surface area contributed by atoms with Crippen molar-refractivity contribution >= 4 is 0 Å². The number of hydrogen-bond donors (Lipinski definition) is 1. The molecule has 2 N–H and O–H groups in total. The minimum atomic E-state index is -0.667. The van der Waals surface area contributed by atoms with E-state index in [4.69, 9.17) is 15.7 Å². The second-order valence-electron chi connectivity index (χ2n) is 6.09. The molecular formula is C15H29N3O. The van der Waals surface area contributed by atoms with Gasteiger partial charge in [0.1, 0.15) is 5.54 Å². The molecule has 1 aliphatic carbocycles. The molecule has 0 aromatic carbocycles. The van der Waals surface area contributed by atoms with Crippen molar-refractivity contribution in [1.82, 2.24) is 4.90 Å². The van der Waals surface area contributed by atoms with Crippen LogP contribution in [0.15, 0.2) is 0 Å². The number of methoxy groups -OCH3 is 1. The van der Waals surface area contributed by atoms with E-state index in [0.717, 1.165) is 44.9 Å². The highest BCUT2D eigenvalue weighted by atomic mass is 16.5. The number of nitrogens with two attached hydrogens (primary N) is 1. The molecule has 2 atom stereocenters. The molecule has 1 aliphatic rings. The summed E-state index contributed by atoms with van der Waals surface area (Å²) in [6, 6.07) is 2.82. The van der Waals surface area contributed by atoms with E-state index in [9.17, 15) is 0 Å². The summed E-state index contributed by atoms with van der Waals surface area (Å²) in [7, 11) is 1.76. The van der Waals surface area contributed by atoms with Gasteiger partial charge in [-0.05, 0) is 58.4 Å². The molecule has 1 rings (SSSR count). The van der Waals surface area contributed by atoms with Crippen molar-refractivity contribution in [3.8, 4) is 6.07 Å². The van der Waals surface area contributed by atoms with E-state index in [-0.39, 0.29) is 0 Å². The first kappa shape index (κ1) is 16.4. The maximum absolute atomic E-state index is 8.89. The third-order valence-corrected chi connectivity index (χ3v) is 4.11. The highest BCUT2D eigenvalue weighted by Gasteiger charge is 2.31. The van der Waals surface area contributed by atoms with Gasteiger partial charge >= 0.3 is 0 Å². The molecule has 0 amide bonds. The summed E-state index contributed by atoms with van der Waals surface area (Å²) in [4.78, 5) is 2.53. The van der Waals surface area contributed by atoms with Crippen molar-refractivity contribution in [2.24, 2.45) is 11.7 Å². The van der Waals surface area contributed by atoms with Crippen molar-refractivity contribution in [3.05, 3.63) is 0 Å². The Labute approximate surface area is 117 Å². The minimum Gasteiger partial charge on any atom is -0.383 e. The second kappa shape index (κ2) is 7.84. The first-order valence-electron chi connectivity index (χ1n) is 7.43.